The minimum absolute atomic E-state index is 0.191. The minimum Gasteiger partial charge on any atom is -0.351 e. The molecule has 0 atom stereocenters. The minimum atomic E-state index is -1.12. The van der Waals surface area contributed by atoms with Gasteiger partial charge in [-0.15, -0.1) is 0 Å². The first-order chi connectivity index (χ1) is 9.82. The van der Waals surface area contributed by atoms with E-state index in [4.69, 9.17) is 0 Å². The van der Waals surface area contributed by atoms with Crippen molar-refractivity contribution in [2.45, 2.75) is 34.2 Å². The summed E-state index contributed by atoms with van der Waals surface area (Å²) in [5.74, 6) is -0.838. The van der Waals surface area contributed by atoms with Crippen LogP contribution in [0.2, 0.25) is 0 Å². The Bertz CT molecular complexity index is 494. The molecule has 0 aliphatic heterocycles. The number of benzene rings is 1. The molecule has 1 rings (SSSR count). The van der Waals surface area contributed by atoms with Crippen LogP contribution >= 0.6 is 0 Å². The smallest absolute Gasteiger partial charge is 0.237 e. The predicted molar refractivity (Wildman–Crippen MR) is 80.0 cm³/mol. The second kappa shape index (κ2) is 7.20. The maximum atomic E-state index is 12.8. The van der Waals surface area contributed by atoms with Crippen molar-refractivity contribution in [3.05, 3.63) is 35.6 Å². The molecule has 1 aromatic carbocycles. The molecule has 0 aliphatic rings. The monoisotopic (exact) mass is 294 g/mol. The summed E-state index contributed by atoms with van der Waals surface area (Å²) < 4.78 is 12.8. The number of amides is 2. The van der Waals surface area contributed by atoms with E-state index in [2.05, 4.69) is 5.32 Å². The van der Waals surface area contributed by atoms with Gasteiger partial charge in [0.15, 0.2) is 0 Å². The highest BCUT2D eigenvalue weighted by atomic mass is 19.1. The summed E-state index contributed by atoms with van der Waals surface area (Å²) in [5, 5.41) is 2.73. The van der Waals surface area contributed by atoms with Crippen molar-refractivity contribution in [3.63, 3.8) is 0 Å². The van der Waals surface area contributed by atoms with Crippen molar-refractivity contribution >= 4 is 11.8 Å². The van der Waals surface area contributed by atoms with Crippen LogP contribution in [0.15, 0.2) is 24.3 Å². The average molecular weight is 294 g/mol. The molecule has 1 aromatic rings. The maximum absolute atomic E-state index is 12.8. The molecule has 1 N–H and O–H groups in total. The van der Waals surface area contributed by atoms with E-state index in [1.165, 1.54) is 12.1 Å². The van der Waals surface area contributed by atoms with E-state index in [0.29, 0.717) is 13.1 Å². The van der Waals surface area contributed by atoms with Crippen LogP contribution in [0.1, 0.15) is 33.3 Å². The van der Waals surface area contributed by atoms with Crippen molar-refractivity contribution < 1.29 is 14.0 Å². The zero-order chi connectivity index (χ0) is 16.0. The van der Waals surface area contributed by atoms with E-state index in [-0.39, 0.29) is 24.2 Å². The average Bonchev–Trinajstić information content (AvgIpc) is 2.47. The number of halogens is 1. The van der Waals surface area contributed by atoms with E-state index < -0.39 is 5.41 Å². The summed E-state index contributed by atoms with van der Waals surface area (Å²) in [6, 6.07) is 5.89. The molecular formula is C16H23FN2O2. The lowest BCUT2D eigenvalue weighted by atomic mass is 9.90. The highest BCUT2D eigenvalue weighted by molar-refractivity contribution is 6.04. The van der Waals surface area contributed by atoms with Gasteiger partial charge in [-0.2, -0.15) is 0 Å². The van der Waals surface area contributed by atoms with E-state index in [9.17, 15) is 14.0 Å². The largest absolute Gasteiger partial charge is 0.351 e. The van der Waals surface area contributed by atoms with Crippen molar-refractivity contribution in [2.75, 3.05) is 13.1 Å². The molecule has 5 heteroatoms. The first kappa shape index (κ1) is 17.1. The van der Waals surface area contributed by atoms with Gasteiger partial charge in [-0.3, -0.25) is 9.59 Å². The molecule has 2 amide bonds. The third-order valence-electron chi connectivity index (χ3n) is 3.52. The van der Waals surface area contributed by atoms with Gasteiger partial charge in [0.25, 0.3) is 0 Å². The van der Waals surface area contributed by atoms with Gasteiger partial charge in [0.1, 0.15) is 11.2 Å². The Morgan fingerprint density at radius 2 is 1.67 bits per heavy atom. The molecule has 0 spiro atoms. The number of nitrogens with one attached hydrogen (secondary N) is 1. The van der Waals surface area contributed by atoms with E-state index >= 15 is 0 Å². The SMILES string of the molecule is CCN(CC)C(=O)C(C)(C)C(=O)NCc1ccc(F)cc1. The molecule has 0 aliphatic carbocycles. The van der Waals surface area contributed by atoms with Gasteiger partial charge in [-0.05, 0) is 45.4 Å². The van der Waals surface area contributed by atoms with Crippen LogP contribution in [0.5, 0.6) is 0 Å². The zero-order valence-electron chi connectivity index (χ0n) is 13.1. The fourth-order valence-electron chi connectivity index (χ4n) is 2.01. The Morgan fingerprint density at radius 1 is 1.14 bits per heavy atom. The van der Waals surface area contributed by atoms with Gasteiger partial charge in [-0.1, -0.05) is 12.1 Å². The fourth-order valence-corrected chi connectivity index (χ4v) is 2.01. The third kappa shape index (κ3) is 4.28. The molecule has 0 saturated carbocycles. The molecule has 0 radical (unpaired) electrons. The highest BCUT2D eigenvalue weighted by Gasteiger charge is 2.38. The molecule has 21 heavy (non-hydrogen) atoms. The lowest BCUT2D eigenvalue weighted by Crippen LogP contribution is -2.49. The zero-order valence-corrected chi connectivity index (χ0v) is 13.1. The van der Waals surface area contributed by atoms with E-state index in [1.54, 1.807) is 30.9 Å². The van der Waals surface area contributed by atoms with Gasteiger partial charge >= 0.3 is 0 Å². The van der Waals surface area contributed by atoms with Crippen LogP contribution in [-0.2, 0) is 16.1 Å². The van der Waals surface area contributed by atoms with Gasteiger partial charge in [-0.25, -0.2) is 4.39 Å². The molecule has 0 bridgehead atoms. The Balaban J connectivity index is 2.68. The summed E-state index contributed by atoms with van der Waals surface area (Å²) in [4.78, 5) is 26.2. The lowest BCUT2D eigenvalue weighted by Gasteiger charge is -2.29. The van der Waals surface area contributed by atoms with Crippen LogP contribution < -0.4 is 5.32 Å². The number of rotatable bonds is 6. The molecule has 4 nitrogen and oxygen atoms in total. The van der Waals surface area contributed by atoms with Gasteiger partial charge in [0.05, 0.1) is 0 Å². The lowest BCUT2D eigenvalue weighted by molar-refractivity contribution is -0.148. The molecule has 0 unspecified atom stereocenters. The van der Waals surface area contributed by atoms with E-state index in [1.807, 2.05) is 13.8 Å². The third-order valence-corrected chi connectivity index (χ3v) is 3.52. The van der Waals surface area contributed by atoms with Crippen LogP contribution in [0.25, 0.3) is 0 Å². The van der Waals surface area contributed by atoms with Gasteiger partial charge in [0.2, 0.25) is 11.8 Å². The second-order valence-corrected chi connectivity index (χ2v) is 5.41. The van der Waals surface area contributed by atoms with E-state index in [0.717, 1.165) is 5.56 Å². The Hall–Kier alpha value is -1.91. The summed E-state index contributed by atoms with van der Waals surface area (Å²) >= 11 is 0. The van der Waals surface area contributed by atoms with Crippen molar-refractivity contribution in [1.82, 2.24) is 10.2 Å². The van der Waals surface area contributed by atoms with Gasteiger partial charge in [0, 0.05) is 19.6 Å². The summed E-state index contributed by atoms with van der Waals surface area (Å²) in [5.41, 5.74) is -0.331. The number of hydrogen-bond donors (Lipinski definition) is 1. The van der Waals surface area contributed by atoms with Crippen LogP contribution in [-0.4, -0.2) is 29.8 Å². The second-order valence-electron chi connectivity index (χ2n) is 5.41. The standard InChI is InChI=1S/C16H23FN2O2/c1-5-19(6-2)15(21)16(3,4)14(20)18-11-12-7-9-13(17)10-8-12/h7-10H,5-6,11H2,1-4H3,(H,18,20). The molecule has 116 valence electrons. The van der Waals surface area contributed by atoms with Crippen LogP contribution in [0, 0.1) is 11.2 Å². The highest BCUT2D eigenvalue weighted by Crippen LogP contribution is 2.19. The van der Waals surface area contributed by atoms with Crippen LogP contribution in [0.3, 0.4) is 0 Å². The summed E-state index contributed by atoms with van der Waals surface area (Å²) in [6.07, 6.45) is 0. The quantitative estimate of drug-likeness (QED) is 0.819. The maximum Gasteiger partial charge on any atom is 0.237 e. The molecular weight excluding hydrogens is 271 g/mol. The van der Waals surface area contributed by atoms with Gasteiger partial charge < -0.3 is 10.2 Å². The molecule has 0 heterocycles. The molecule has 0 saturated heterocycles. The van der Waals surface area contributed by atoms with Crippen molar-refractivity contribution in [3.8, 4) is 0 Å². The van der Waals surface area contributed by atoms with Crippen LogP contribution in [0.4, 0.5) is 4.39 Å². The first-order valence-electron chi connectivity index (χ1n) is 7.15. The van der Waals surface area contributed by atoms with Crippen molar-refractivity contribution in [1.29, 1.82) is 0 Å². The fraction of sp³-hybridized carbons (Fsp3) is 0.500. The first-order valence-corrected chi connectivity index (χ1v) is 7.15. The Labute approximate surface area is 125 Å². The van der Waals surface area contributed by atoms with Crippen molar-refractivity contribution in [2.24, 2.45) is 5.41 Å². The number of hydrogen-bond acceptors (Lipinski definition) is 2. The number of nitrogens with zero attached hydrogens (tertiary/aromatic N) is 1. The summed E-state index contributed by atoms with van der Waals surface area (Å²) in [7, 11) is 0. The molecule has 0 aromatic heterocycles. The predicted octanol–water partition coefficient (Wildman–Crippen LogP) is 2.34. The topological polar surface area (TPSA) is 49.4 Å². The Kier molecular flexibility index (Phi) is 5.88. The summed E-state index contributed by atoms with van der Waals surface area (Å²) in [6.45, 7) is 8.42. The normalized spacial score (nSPS) is 11.1. The Morgan fingerprint density at radius 3 is 2.14 bits per heavy atom. The number of carbonyl (C=O) groups is 2. The number of carbonyl (C=O) groups excluding carboxylic acids is 2. The molecule has 0 fully saturated rings.